The highest BCUT2D eigenvalue weighted by Gasteiger charge is 2.22. The summed E-state index contributed by atoms with van der Waals surface area (Å²) in [6.07, 6.45) is 0. The Bertz CT molecular complexity index is 625. The number of rotatable bonds is 3. The van der Waals surface area contributed by atoms with Gasteiger partial charge in [0.15, 0.2) is 0 Å². The van der Waals surface area contributed by atoms with Gasteiger partial charge in [-0.1, -0.05) is 24.3 Å². The Labute approximate surface area is 113 Å². The van der Waals surface area contributed by atoms with Gasteiger partial charge in [-0.05, 0) is 15.9 Å². The fourth-order valence-corrected chi connectivity index (χ4v) is 2.72. The summed E-state index contributed by atoms with van der Waals surface area (Å²) >= 11 is 3.38. The van der Waals surface area contributed by atoms with E-state index < -0.39 is 5.91 Å². The Morgan fingerprint density at radius 3 is 2.17 bits per heavy atom. The maximum atomic E-state index is 11.6. The van der Waals surface area contributed by atoms with Crippen LogP contribution in [0.3, 0.4) is 0 Å². The molecule has 0 radical (unpaired) electrons. The Hall–Kier alpha value is -1.75. The van der Waals surface area contributed by atoms with E-state index in [1.165, 1.54) is 7.11 Å². The van der Waals surface area contributed by atoms with E-state index in [0.29, 0.717) is 26.9 Å². The Kier molecular flexibility index (Phi) is 3.43. The minimum absolute atomic E-state index is 0.348. The van der Waals surface area contributed by atoms with E-state index in [-0.39, 0.29) is 0 Å². The fraction of sp³-hybridized carbons (Fsp3) is 0.154. The van der Waals surface area contributed by atoms with E-state index in [9.17, 15) is 4.79 Å². The number of fused-ring (bicyclic) bond motifs is 1. The first-order chi connectivity index (χ1) is 8.61. The molecule has 0 unspecified atom stereocenters. The first kappa shape index (κ1) is 12.7. The zero-order valence-corrected chi connectivity index (χ0v) is 11.6. The van der Waals surface area contributed by atoms with Crippen LogP contribution in [0.15, 0.2) is 28.7 Å². The van der Waals surface area contributed by atoms with Crippen molar-refractivity contribution < 1.29 is 14.3 Å². The third-order valence-corrected chi connectivity index (χ3v) is 3.44. The summed E-state index contributed by atoms with van der Waals surface area (Å²) < 4.78 is 11.2. The summed E-state index contributed by atoms with van der Waals surface area (Å²) in [6.45, 7) is 0. The molecule has 0 aliphatic carbocycles. The minimum Gasteiger partial charge on any atom is -0.495 e. The monoisotopic (exact) mass is 309 g/mol. The summed E-state index contributed by atoms with van der Waals surface area (Å²) in [5, 5.41) is 1.52. The standard InChI is InChI=1S/C13H12BrNO3/c1-17-11-8-6-4-3-5-7(8)9(13(15)16)12(18-2)10(11)14/h3-6H,1-2H3,(H2,15,16). The smallest absolute Gasteiger partial charge is 0.253 e. The summed E-state index contributed by atoms with van der Waals surface area (Å²) in [5.74, 6) is 0.469. The van der Waals surface area contributed by atoms with Gasteiger partial charge in [-0.2, -0.15) is 0 Å². The van der Waals surface area contributed by atoms with Crippen molar-refractivity contribution in [1.29, 1.82) is 0 Å². The molecule has 2 rings (SSSR count). The summed E-state index contributed by atoms with van der Waals surface area (Å²) in [4.78, 5) is 11.6. The molecule has 0 aliphatic heterocycles. The number of carbonyl (C=O) groups excluding carboxylic acids is 1. The van der Waals surface area contributed by atoms with Gasteiger partial charge in [-0.3, -0.25) is 4.79 Å². The highest BCUT2D eigenvalue weighted by molar-refractivity contribution is 9.10. The van der Waals surface area contributed by atoms with Gasteiger partial charge in [0.25, 0.3) is 5.91 Å². The molecule has 4 nitrogen and oxygen atoms in total. The van der Waals surface area contributed by atoms with Crippen LogP contribution < -0.4 is 15.2 Å². The number of methoxy groups -OCH3 is 2. The van der Waals surface area contributed by atoms with Crippen molar-refractivity contribution in [2.75, 3.05) is 14.2 Å². The van der Waals surface area contributed by atoms with Crippen LogP contribution in [0.4, 0.5) is 0 Å². The molecule has 0 aliphatic rings. The zero-order valence-electron chi connectivity index (χ0n) is 9.99. The molecule has 94 valence electrons. The van der Waals surface area contributed by atoms with Crippen molar-refractivity contribution in [2.24, 2.45) is 5.73 Å². The third kappa shape index (κ3) is 1.80. The zero-order chi connectivity index (χ0) is 13.3. The molecule has 0 saturated carbocycles. The molecule has 0 fully saturated rings. The van der Waals surface area contributed by atoms with Gasteiger partial charge in [-0.15, -0.1) is 0 Å². The van der Waals surface area contributed by atoms with Crippen molar-refractivity contribution in [2.45, 2.75) is 0 Å². The number of hydrogen-bond donors (Lipinski definition) is 1. The number of carbonyl (C=O) groups is 1. The third-order valence-electron chi connectivity index (χ3n) is 2.72. The molecular formula is C13H12BrNO3. The lowest BCUT2D eigenvalue weighted by Crippen LogP contribution is -2.14. The van der Waals surface area contributed by atoms with Crippen LogP contribution in [0.1, 0.15) is 10.4 Å². The van der Waals surface area contributed by atoms with E-state index in [0.717, 1.165) is 5.39 Å². The molecule has 2 N–H and O–H groups in total. The number of halogens is 1. The molecule has 0 aromatic heterocycles. The van der Waals surface area contributed by atoms with E-state index >= 15 is 0 Å². The van der Waals surface area contributed by atoms with Crippen LogP contribution >= 0.6 is 15.9 Å². The van der Waals surface area contributed by atoms with E-state index in [2.05, 4.69) is 15.9 Å². The number of benzene rings is 2. The van der Waals surface area contributed by atoms with Gasteiger partial charge in [0.1, 0.15) is 16.0 Å². The van der Waals surface area contributed by atoms with Gasteiger partial charge < -0.3 is 15.2 Å². The van der Waals surface area contributed by atoms with Crippen LogP contribution in [0.25, 0.3) is 10.8 Å². The average molecular weight is 310 g/mol. The molecule has 2 aromatic carbocycles. The van der Waals surface area contributed by atoms with Gasteiger partial charge >= 0.3 is 0 Å². The largest absolute Gasteiger partial charge is 0.495 e. The molecule has 0 spiro atoms. The molecule has 18 heavy (non-hydrogen) atoms. The lowest BCUT2D eigenvalue weighted by Gasteiger charge is -2.15. The fourth-order valence-electron chi connectivity index (χ4n) is 1.99. The molecule has 0 bridgehead atoms. The normalized spacial score (nSPS) is 10.4. The summed E-state index contributed by atoms with van der Waals surface area (Å²) in [5.41, 5.74) is 5.78. The summed E-state index contributed by atoms with van der Waals surface area (Å²) in [6, 6.07) is 7.38. The van der Waals surface area contributed by atoms with Gasteiger partial charge in [0.2, 0.25) is 0 Å². The Morgan fingerprint density at radius 2 is 1.67 bits per heavy atom. The van der Waals surface area contributed by atoms with Gasteiger partial charge in [0, 0.05) is 10.8 Å². The molecule has 0 atom stereocenters. The molecule has 5 heteroatoms. The van der Waals surface area contributed by atoms with Crippen LogP contribution in [0.2, 0.25) is 0 Å². The lowest BCUT2D eigenvalue weighted by atomic mass is 10.0. The SMILES string of the molecule is COc1c(Br)c(OC)c2ccccc2c1C(N)=O. The second-order valence-corrected chi connectivity index (χ2v) is 4.46. The van der Waals surface area contributed by atoms with Crippen molar-refractivity contribution in [3.05, 3.63) is 34.3 Å². The number of nitrogens with two attached hydrogens (primary N) is 1. The second kappa shape index (κ2) is 4.86. The van der Waals surface area contributed by atoms with Crippen molar-refractivity contribution in [1.82, 2.24) is 0 Å². The van der Waals surface area contributed by atoms with Crippen LogP contribution in [0.5, 0.6) is 11.5 Å². The lowest BCUT2D eigenvalue weighted by molar-refractivity contribution is 0.0999. The predicted octanol–water partition coefficient (Wildman–Crippen LogP) is 2.72. The Balaban J connectivity index is 3.01. The summed E-state index contributed by atoms with van der Waals surface area (Å²) in [7, 11) is 3.05. The van der Waals surface area contributed by atoms with Crippen molar-refractivity contribution in [3.8, 4) is 11.5 Å². The number of ether oxygens (including phenoxy) is 2. The molecule has 2 aromatic rings. The Morgan fingerprint density at radius 1 is 1.11 bits per heavy atom. The molecule has 0 heterocycles. The number of hydrogen-bond acceptors (Lipinski definition) is 3. The number of amides is 1. The van der Waals surface area contributed by atoms with Crippen LogP contribution in [-0.4, -0.2) is 20.1 Å². The first-order valence-corrected chi connectivity index (χ1v) is 6.03. The molecular weight excluding hydrogens is 298 g/mol. The second-order valence-electron chi connectivity index (χ2n) is 3.67. The van der Waals surface area contributed by atoms with E-state index in [4.69, 9.17) is 15.2 Å². The van der Waals surface area contributed by atoms with Crippen LogP contribution in [0, 0.1) is 0 Å². The first-order valence-electron chi connectivity index (χ1n) is 5.23. The minimum atomic E-state index is -0.536. The van der Waals surface area contributed by atoms with Crippen molar-refractivity contribution in [3.63, 3.8) is 0 Å². The molecule has 0 saturated heterocycles. The van der Waals surface area contributed by atoms with Gasteiger partial charge in [-0.25, -0.2) is 0 Å². The highest BCUT2D eigenvalue weighted by Crippen LogP contribution is 2.44. The van der Waals surface area contributed by atoms with Gasteiger partial charge in [0.05, 0.1) is 19.8 Å². The topological polar surface area (TPSA) is 61.6 Å². The highest BCUT2D eigenvalue weighted by atomic mass is 79.9. The molecule has 1 amide bonds. The average Bonchev–Trinajstić information content (AvgIpc) is 2.37. The number of primary amides is 1. The van der Waals surface area contributed by atoms with Crippen molar-refractivity contribution >= 4 is 32.6 Å². The maximum Gasteiger partial charge on any atom is 0.253 e. The van der Waals surface area contributed by atoms with Crippen LogP contribution in [-0.2, 0) is 0 Å². The predicted molar refractivity (Wildman–Crippen MR) is 73.3 cm³/mol. The maximum absolute atomic E-state index is 11.6. The van der Waals surface area contributed by atoms with E-state index in [1.807, 2.05) is 24.3 Å². The van der Waals surface area contributed by atoms with E-state index in [1.54, 1.807) is 7.11 Å². The quantitative estimate of drug-likeness (QED) is 0.948.